The predicted octanol–water partition coefficient (Wildman–Crippen LogP) is 3.30. The Hall–Kier alpha value is -1.87. The van der Waals surface area contributed by atoms with Gasteiger partial charge in [0.25, 0.3) is 0 Å². The molecule has 2 rings (SSSR count). The van der Waals surface area contributed by atoms with Gasteiger partial charge in [-0.2, -0.15) is 0 Å². The molecule has 0 radical (unpaired) electrons. The van der Waals surface area contributed by atoms with Gasteiger partial charge in [-0.05, 0) is 17.0 Å². The number of rotatable bonds is 4. The number of hydrogen-bond donors (Lipinski definition) is 1. The van der Waals surface area contributed by atoms with Crippen LogP contribution in [0.5, 0.6) is 0 Å². The van der Waals surface area contributed by atoms with Gasteiger partial charge < -0.3 is 5.11 Å². The number of hydrogen-bond acceptors (Lipinski definition) is 2. The monoisotopic (exact) mass is 244 g/mol. The van der Waals surface area contributed by atoms with E-state index < -0.39 is 11.4 Å². The maximum absolute atomic E-state index is 11.7. The first-order valence-electron chi connectivity index (χ1n) is 5.18. The minimum absolute atomic E-state index is 0.727. The van der Waals surface area contributed by atoms with Crippen molar-refractivity contribution in [2.45, 2.75) is 5.41 Å². The molecule has 0 aliphatic rings. The quantitative estimate of drug-likeness (QED) is 0.838. The summed E-state index contributed by atoms with van der Waals surface area (Å²) >= 11 is 1.43. The van der Waals surface area contributed by atoms with E-state index in [-0.39, 0.29) is 0 Å². The van der Waals surface area contributed by atoms with Gasteiger partial charge in [0.15, 0.2) is 0 Å². The van der Waals surface area contributed by atoms with Gasteiger partial charge in [-0.1, -0.05) is 42.5 Å². The van der Waals surface area contributed by atoms with Crippen LogP contribution in [0.3, 0.4) is 0 Å². The Balaban J connectivity index is 2.67. The number of carbonyl (C=O) groups is 1. The van der Waals surface area contributed by atoms with Crippen molar-refractivity contribution >= 4 is 17.3 Å². The molecule has 0 saturated heterocycles. The molecule has 17 heavy (non-hydrogen) atoms. The largest absolute Gasteiger partial charge is 0.480 e. The molecule has 1 aromatic heterocycles. The summed E-state index contributed by atoms with van der Waals surface area (Å²) in [4.78, 5) is 12.5. The van der Waals surface area contributed by atoms with Crippen molar-refractivity contribution in [2.24, 2.45) is 0 Å². The topological polar surface area (TPSA) is 37.3 Å². The number of aliphatic carboxylic acids is 1. The summed E-state index contributed by atoms with van der Waals surface area (Å²) in [5.74, 6) is -0.902. The zero-order valence-electron chi connectivity index (χ0n) is 9.17. The second kappa shape index (κ2) is 4.55. The summed E-state index contributed by atoms with van der Waals surface area (Å²) in [6.07, 6.45) is 1.50. The molecule has 2 aromatic rings. The molecule has 0 fully saturated rings. The third-order valence-corrected chi connectivity index (χ3v) is 3.79. The number of carboxylic acid groups (broad SMARTS) is 1. The smallest absolute Gasteiger partial charge is 0.323 e. The van der Waals surface area contributed by atoms with E-state index in [1.165, 1.54) is 17.4 Å². The van der Waals surface area contributed by atoms with Gasteiger partial charge in [0.1, 0.15) is 5.41 Å². The molecule has 2 nitrogen and oxygen atoms in total. The first-order chi connectivity index (χ1) is 8.21. The molecule has 0 bridgehead atoms. The summed E-state index contributed by atoms with van der Waals surface area (Å²) in [6, 6.07) is 12.9. The normalized spacial score (nSPS) is 13.9. The maximum Gasteiger partial charge on any atom is 0.323 e. The first kappa shape index (κ1) is 11.6. The third-order valence-electron chi connectivity index (χ3n) is 2.78. The van der Waals surface area contributed by atoms with E-state index >= 15 is 0 Å². The van der Waals surface area contributed by atoms with Crippen LogP contribution in [0.4, 0.5) is 0 Å². The highest BCUT2D eigenvalue weighted by Crippen LogP contribution is 2.36. The SMILES string of the molecule is C=CC(C(=O)O)(c1ccccc1)c1cccs1. The molecule has 0 spiro atoms. The Kier molecular flexibility index (Phi) is 3.11. The number of benzene rings is 1. The molecule has 86 valence electrons. The lowest BCUT2D eigenvalue weighted by Gasteiger charge is -2.25. The zero-order chi connectivity index (χ0) is 12.3. The van der Waals surface area contributed by atoms with E-state index in [0.29, 0.717) is 0 Å². The van der Waals surface area contributed by atoms with Crippen LogP contribution in [0, 0.1) is 0 Å². The minimum Gasteiger partial charge on any atom is -0.480 e. The molecule has 0 saturated carbocycles. The van der Waals surface area contributed by atoms with Crippen LogP contribution in [-0.4, -0.2) is 11.1 Å². The third kappa shape index (κ3) is 1.78. The van der Waals surface area contributed by atoms with Gasteiger partial charge in [-0.3, -0.25) is 4.79 Å². The molecule has 0 aliphatic heterocycles. The second-order valence-electron chi connectivity index (χ2n) is 3.66. The summed E-state index contributed by atoms with van der Waals surface area (Å²) in [7, 11) is 0. The van der Waals surface area contributed by atoms with Gasteiger partial charge >= 0.3 is 5.97 Å². The summed E-state index contributed by atoms with van der Waals surface area (Å²) in [5, 5.41) is 11.5. The summed E-state index contributed by atoms with van der Waals surface area (Å²) in [6.45, 7) is 3.71. The molecule has 0 amide bonds. The molecule has 1 aromatic carbocycles. The Labute approximate surface area is 104 Å². The Morgan fingerprint density at radius 3 is 2.41 bits per heavy atom. The lowest BCUT2D eigenvalue weighted by Crippen LogP contribution is -2.33. The van der Waals surface area contributed by atoms with E-state index in [0.717, 1.165) is 10.4 Å². The van der Waals surface area contributed by atoms with E-state index in [2.05, 4.69) is 6.58 Å². The Morgan fingerprint density at radius 2 is 1.94 bits per heavy atom. The number of thiophene rings is 1. The van der Waals surface area contributed by atoms with Crippen LogP contribution >= 0.6 is 11.3 Å². The lowest BCUT2D eigenvalue weighted by atomic mass is 9.79. The van der Waals surface area contributed by atoms with Crippen LogP contribution in [0.25, 0.3) is 0 Å². The molecule has 3 heteroatoms. The van der Waals surface area contributed by atoms with Crippen LogP contribution in [-0.2, 0) is 10.2 Å². The molecule has 1 heterocycles. The standard InChI is InChI=1S/C14H12O2S/c1-2-14(13(15)16,12-9-6-10-17-12)11-7-4-3-5-8-11/h2-10H,1H2,(H,15,16). The van der Waals surface area contributed by atoms with E-state index in [1.807, 2.05) is 47.8 Å². The van der Waals surface area contributed by atoms with Crippen molar-refractivity contribution in [1.29, 1.82) is 0 Å². The van der Waals surface area contributed by atoms with E-state index in [4.69, 9.17) is 0 Å². The highest BCUT2D eigenvalue weighted by Gasteiger charge is 2.40. The fourth-order valence-electron chi connectivity index (χ4n) is 1.88. The van der Waals surface area contributed by atoms with Crippen LogP contribution in [0.2, 0.25) is 0 Å². The van der Waals surface area contributed by atoms with E-state index in [1.54, 1.807) is 0 Å². The molecular formula is C14H12O2S. The van der Waals surface area contributed by atoms with Crippen molar-refractivity contribution < 1.29 is 9.90 Å². The second-order valence-corrected chi connectivity index (χ2v) is 4.61. The van der Waals surface area contributed by atoms with Crippen molar-refractivity contribution in [2.75, 3.05) is 0 Å². The molecule has 0 aliphatic carbocycles. The van der Waals surface area contributed by atoms with E-state index in [9.17, 15) is 9.90 Å². The fraction of sp³-hybridized carbons (Fsp3) is 0.0714. The summed E-state index contributed by atoms with van der Waals surface area (Å²) in [5.41, 5.74) is -0.417. The van der Waals surface area contributed by atoms with Crippen LogP contribution < -0.4 is 0 Å². The van der Waals surface area contributed by atoms with Crippen LogP contribution in [0.15, 0.2) is 60.5 Å². The van der Waals surface area contributed by atoms with Gasteiger partial charge in [0.05, 0.1) is 0 Å². The lowest BCUT2D eigenvalue weighted by molar-refractivity contribution is -0.140. The predicted molar refractivity (Wildman–Crippen MR) is 69.4 cm³/mol. The molecule has 1 atom stereocenters. The van der Waals surface area contributed by atoms with Crippen molar-refractivity contribution in [3.05, 3.63) is 70.9 Å². The highest BCUT2D eigenvalue weighted by atomic mass is 32.1. The zero-order valence-corrected chi connectivity index (χ0v) is 9.98. The Morgan fingerprint density at radius 1 is 1.24 bits per heavy atom. The highest BCUT2D eigenvalue weighted by molar-refractivity contribution is 7.10. The van der Waals surface area contributed by atoms with Gasteiger partial charge in [-0.25, -0.2) is 0 Å². The molecule has 1 unspecified atom stereocenters. The van der Waals surface area contributed by atoms with Crippen LogP contribution in [0.1, 0.15) is 10.4 Å². The van der Waals surface area contributed by atoms with Crippen molar-refractivity contribution in [3.63, 3.8) is 0 Å². The number of carboxylic acids is 1. The van der Waals surface area contributed by atoms with Crippen molar-refractivity contribution in [3.8, 4) is 0 Å². The first-order valence-corrected chi connectivity index (χ1v) is 6.06. The van der Waals surface area contributed by atoms with Gasteiger partial charge in [0.2, 0.25) is 0 Å². The summed E-state index contributed by atoms with van der Waals surface area (Å²) < 4.78 is 0. The van der Waals surface area contributed by atoms with Gasteiger partial charge in [-0.15, -0.1) is 17.9 Å². The Bertz CT molecular complexity index is 516. The average Bonchev–Trinajstić information content (AvgIpc) is 2.86. The van der Waals surface area contributed by atoms with Gasteiger partial charge in [0, 0.05) is 4.88 Å². The van der Waals surface area contributed by atoms with Crippen molar-refractivity contribution in [1.82, 2.24) is 0 Å². The fourth-order valence-corrected chi connectivity index (χ4v) is 2.82. The molecule has 1 N–H and O–H groups in total. The minimum atomic E-state index is -1.14. The maximum atomic E-state index is 11.7. The average molecular weight is 244 g/mol. The molecular weight excluding hydrogens is 232 g/mol.